The fraction of sp³-hybridized carbons (Fsp3) is 0.133. The summed E-state index contributed by atoms with van der Waals surface area (Å²) in [5, 5.41) is 5.44. The average Bonchev–Trinajstić information content (AvgIpc) is 3.18. The Morgan fingerprint density at radius 2 is 1.93 bits per heavy atom. The number of alkyl halides is 3. The lowest BCUT2D eigenvalue weighted by Gasteiger charge is -2.06. The van der Waals surface area contributed by atoms with Crippen molar-refractivity contribution < 1.29 is 32.0 Å². The number of ether oxygens (including phenoxy) is 1. The summed E-state index contributed by atoms with van der Waals surface area (Å²) in [7, 11) is 0. The van der Waals surface area contributed by atoms with Crippen molar-refractivity contribution in [2.75, 3.05) is 5.32 Å². The van der Waals surface area contributed by atoms with E-state index < -0.39 is 29.9 Å². The number of nitrogens with two attached hydrogens (primary N) is 1. The standard InChI is InChI=1S/C15H10F3N7O4/c16-15(17,18)13-24-12(25-29-13)9-4-22-10(5-21-9)23-14(27)28-6-7-1-2-8(11(19)26)20-3-7/h1-5H,6H2,(H2,19,26)(H,22,23,27). The molecule has 0 spiro atoms. The third-order valence-corrected chi connectivity index (χ3v) is 3.23. The normalized spacial score (nSPS) is 11.1. The highest BCUT2D eigenvalue weighted by Crippen LogP contribution is 2.28. The quantitative estimate of drug-likeness (QED) is 0.640. The van der Waals surface area contributed by atoms with Crippen LogP contribution in [0, 0.1) is 0 Å². The Labute approximate surface area is 159 Å². The molecule has 0 aliphatic rings. The molecule has 3 aromatic rings. The first-order chi connectivity index (χ1) is 13.7. The van der Waals surface area contributed by atoms with E-state index in [0.717, 1.165) is 12.4 Å². The van der Waals surface area contributed by atoms with Gasteiger partial charge in [0.15, 0.2) is 5.82 Å². The van der Waals surface area contributed by atoms with Crippen LogP contribution in [0.4, 0.5) is 23.8 Å². The molecule has 0 radical (unpaired) electrons. The molecule has 0 aliphatic heterocycles. The molecule has 29 heavy (non-hydrogen) atoms. The van der Waals surface area contributed by atoms with E-state index in [1.54, 1.807) is 0 Å². The van der Waals surface area contributed by atoms with Gasteiger partial charge in [-0.25, -0.2) is 14.8 Å². The van der Waals surface area contributed by atoms with E-state index in [4.69, 9.17) is 10.5 Å². The third-order valence-electron chi connectivity index (χ3n) is 3.23. The fourth-order valence-corrected chi connectivity index (χ4v) is 1.90. The van der Waals surface area contributed by atoms with Gasteiger partial charge >= 0.3 is 18.2 Å². The minimum absolute atomic E-state index is 0.0273. The SMILES string of the molecule is NC(=O)c1ccc(COC(=O)Nc2cnc(-c3noc(C(F)(F)F)n3)cn2)cn1. The third kappa shape index (κ3) is 5.00. The molecule has 3 heterocycles. The largest absolute Gasteiger partial charge is 0.471 e. The zero-order valence-electron chi connectivity index (χ0n) is 14.2. The zero-order chi connectivity index (χ0) is 21.0. The monoisotopic (exact) mass is 409 g/mol. The number of hydrogen-bond donors (Lipinski definition) is 2. The van der Waals surface area contributed by atoms with Gasteiger partial charge in [0, 0.05) is 11.8 Å². The van der Waals surface area contributed by atoms with Crippen LogP contribution in [0.25, 0.3) is 11.5 Å². The molecule has 0 saturated heterocycles. The van der Waals surface area contributed by atoms with Crippen LogP contribution in [-0.2, 0) is 17.5 Å². The zero-order valence-corrected chi connectivity index (χ0v) is 14.2. The summed E-state index contributed by atoms with van der Waals surface area (Å²) < 4.78 is 46.4. The minimum Gasteiger partial charge on any atom is -0.444 e. The molecule has 11 nitrogen and oxygen atoms in total. The van der Waals surface area contributed by atoms with Crippen LogP contribution in [0.2, 0.25) is 0 Å². The molecular formula is C15H10F3N7O4. The van der Waals surface area contributed by atoms with E-state index in [9.17, 15) is 22.8 Å². The number of carbonyl (C=O) groups excluding carboxylic acids is 2. The number of primary amides is 1. The Morgan fingerprint density at radius 1 is 1.14 bits per heavy atom. The lowest BCUT2D eigenvalue weighted by atomic mass is 10.2. The van der Waals surface area contributed by atoms with E-state index >= 15 is 0 Å². The van der Waals surface area contributed by atoms with Crippen LogP contribution in [0.3, 0.4) is 0 Å². The predicted molar refractivity (Wildman–Crippen MR) is 86.9 cm³/mol. The topological polar surface area (TPSA) is 159 Å². The minimum atomic E-state index is -4.78. The highest BCUT2D eigenvalue weighted by molar-refractivity contribution is 5.90. The van der Waals surface area contributed by atoms with Gasteiger partial charge in [-0.1, -0.05) is 11.2 Å². The van der Waals surface area contributed by atoms with Gasteiger partial charge in [0.2, 0.25) is 5.82 Å². The van der Waals surface area contributed by atoms with E-state index in [1.807, 2.05) is 0 Å². The Bertz CT molecular complexity index is 1020. The summed E-state index contributed by atoms with van der Waals surface area (Å²) in [4.78, 5) is 37.3. The summed E-state index contributed by atoms with van der Waals surface area (Å²) in [6, 6.07) is 2.89. The van der Waals surface area contributed by atoms with Crippen molar-refractivity contribution in [3.05, 3.63) is 47.9 Å². The molecule has 0 fully saturated rings. The second-order valence-electron chi connectivity index (χ2n) is 5.32. The Hall–Kier alpha value is -4.10. The molecule has 0 saturated carbocycles. The number of aromatic nitrogens is 5. The molecule has 3 aromatic heterocycles. The van der Waals surface area contributed by atoms with Gasteiger partial charge in [-0.15, -0.1) is 0 Å². The highest BCUT2D eigenvalue weighted by atomic mass is 19.4. The number of anilines is 1. The van der Waals surface area contributed by atoms with Crippen LogP contribution in [-0.4, -0.2) is 37.1 Å². The predicted octanol–water partition coefficient (Wildman–Crippen LogP) is 1.79. The number of carbonyl (C=O) groups is 2. The molecule has 0 bridgehead atoms. The van der Waals surface area contributed by atoms with Gasteiger partial charge in [0.1, 0.15) is 18.0 Å². The summed E-state index contributed by atoms with van der Waals surface area (Å²) in [5.74, 6) is -2.64. The lowest BCUT2D eigenvalue weighted by Crippen LogP contribution is -2.15. The fourth-order valence-electron chi connectivity index (χ4n) is 1.90. The van der Waals surface area contributed by atoms with E-state index in [2.05, 4.69) is 34.9 Å². The maximum atomic E-state index is 12.5. The second-order valence-corrected chi connectivity index (χ2v) is 5.32. The van der Waals surface area contributed by atoms with Crippen molar-refractivity contribution in [3.63, 3.8) is 0 Å². The van der Waals surface area contributed by atoms with Crippen LogP contribution in [0.1, 0.15) is 21.9 Å². The second kappa shape index (κ2) is 7.87. The summed E-state index contributed by atoms with van der Waals surface area (Å²) >= 11 is 0. The van der Waals surface area contributed by atoms with E-state index in [1.165, 1.54) is 18.3 Å². The van der Waals surface area contributed by atoms with Gasteiger partial charge in [-0.2, -0.15) is 18.2 Å². The summed E-state index contributed by atoms with van der Waals surface area (Å²) in [6.45, 7) is -0.146. The maximum absolute atomic E-state index is 12.5. The first kappa shape index (κ1) is 19.7. The van der Waals surface area contributed by atoms with Gasteiger partial charge in [-0.3, -0.25) is 15.1 Å². The number of halogens is 3. The van der Waals surface area contributed by atoms with Crippen molar-refractivity contribution >= 4 is 17.8 Å². The number of hydrogen-bond acceptors (Lipinski definition) is 9. The Morgan fingerprint density at radius 3 is 2.48 bits per heavy atom. The van der Waals surface area contributed by atoms with Crippen molar-refractivity contribution in [2.45, 2.75) is 12.8 Å². The number of nitrogens with one attached hydrogen (secondary N) is 1. The number of rotatable bonds is 5. The molecule has 3 N–H and O–H groups in total. The molecule has 0 unspecified atom stereocenters. The number of amides is 2. The first-order valence-corrected chi connectivity index (χ1v) is 7.64. The van der Waals surface area contributed by atoms with Gasteiger partial charge in [0.05, 0.1) is 12.4 Å². The van der Waals surface area contributed by atoms with Crippen molar-refractivity contribution in [2.24, 2.45) is 5.73 Å². The average molecular weight is 409 g/mol. The van der Waals surface area contributed by atoms with E-state index in [-0.39, 0.29) is 23.8 Å². The molecular weight excluding hydrogens is 399 g/mol. The smallest absolute Gasteiger partial charge is 0.444 e. The van der Waals surface area contributed by atoms with Crippen LogP contribution in [0.5, 0.6) is 0 Å². The van der Waals surface area contributed by atoms with Crippen LogP contribution < -0.4 is 11.1 Å². The van der Waals surface area contributed by atoms with Crippen molar-refractivity contribution in [3.8, 4) is 11.5 Å². The molecule has 3 rings (SSSR count). The summed E-state index contributed by atoms with van der Waals surface area (Å²) in [6.07, 6.45) is -2.21. The van der Waals surface area contributed by atoms with Crippen LogP contribution in [0.15, 0.2) is 35.2 Å². The number of pyridine rings is 1. The maximum Gasteiger partial charge on any atom is 0.471 e. The molecule has 0 atom stereocenters. The molecule has 0 aromatic carbocycles. The Balaban J connectivity index is 1.55. The first-order valence-electron chi connectivity index (χ1n) is 7.64. The number of nitrogens with zero attached hydrogens (tertiary/aromatic N) is 5. The summed E-state index contributed by atoms with van der Waals surface area (Å²) in [5.41, 5.74) is 5.54. The van der Waals surface area contributed by atoms with Gasteiger partial charge < -0.3 is 15.0 Å². The molecule has 2 amide bonds. The van der Waals surface area contributed by atoms with Crippen LogP contribution >= 0.6 is 0 Å². The Kier molecular flexibility index (Phi) is 5.34. The van der Waals surface area contributed by atoms with Gasteiger partial charge in [-0.05, 0) is 6.07 Å². The molecule has 14 heteroatoms. The lowest BCUT2D eigenvalue weighted by molar-refractivity contribution is -0.159. The van der Waals surface area contributed by atoms with E-state index in [0.29, 0.717) is 5.56 Å². The highest BCUT2D eigenvalue weighted by Gasteiger charge is 2.38. The van der Waals surface area contributed by atoms with Crippen molar-refractivity contribution in [1.29, 1.82) is 0 Å². The molecule has 150 valence electrons. The van der Waals surface area contributed by atoms with Gasteiger partial charge in [0.25, 0.3) is 5.91 Å². The van der Waals surface area contributed by atoms with Crippen molar-refractivity contribution in [1.82, 2.24) is 25.1 Å². The molecule has 0 aliphatic carbocycles.